The van der Waals surface area contributed by atoms with Gasteiger partial charge in [-0.3, -0.25) is 0 Å². The second-order valence-electron chi connectivity index (χ2n) is 3.51. The lowest BCUT2D eigenvalue weighted by molar-refractivity contribution is 0.852. The average Bonchev–Trinajstić information content (AvgIpc) is 2.72. The molecule has 0 amide bonds. The standard InChI is InChI=1S/C12H11Cl2NS2/c13-8-2-1-3-9(6-8)17-7-11(15)12-10(14)4-5-16-12/h1-6,11H,7,15H2. The minimum absolute atomic E-state index is 0.0357. The first-order chi connectivity index (χ1) is 8.16. The molecule has 0 saturated carbocycles. The molecular weight excluding hydrogens is 293 g/mol. The number of hydrogen-bond acceptors (Lipinski definition) is 3. The van der Waals surface area contributed by atoms with E-state index in [1.807, 2.05) is 35.7 Å². The number of hydrogen-bond donors (Lipinski definition) is 1. The number of thiophene rings is 1. The summed E-state index contributed by atoms with van der Waals surface area (Å²) < 4.78 is 0. The van der Waals surface area contributed by atoms with Crippen molar-refractivity contribution >= 4 is 46.3 Å². The van der Waals surface area contributed by atoms with Crippen molar-refractivity contribution in [2.75, 3.05) is 5.75 Å². The first-order valence-corrected chi connectivity index (χ1v) is 7.66. The SMILES string of the molecule is NC(CSc1cccc(Cl)c1)c1sccc1Cl. The van der Waals surface area contributed by atoms with Gasteiger partial charge in [0.2, 0.25) is 0 Å². The van der Waals surface area contributed by atoms with Crippen molar-refractivity contribution in [3.63, 3.8) is 0 Å². The molecule has 1 heterocycles. The zero-order valence-electron chi connectivity index (χ0n) is 8.90. The lowest BCUT2D eigenvalue weighted by atomic mass is 10.3. The largest absolute Gasteiger partial charge is 0.323 e. The third-order valence-corrected chi connectivity index (χ3v) is 5.05. The van der Waals surface area contributed by atoms with Gasteiger partial charge in [-0.25, -0.2) is 0 Å². The second-order valence-corrected chi connectivity index (χ2v) is 6.39. The Hall–Kier alpha value is -0.190. The molecule has 0 radical (unpaired) electrons. The Labute approximate surface area is 119 Å². The summed E-state index contributed by atoms with van der Waals surface area (Å²) in [5.41, 5.74) is 6.10. The Morgan fingerprint density at radius 3 is 2.76 bits per heavy atom. The summed E-state index contributed by atoms with van der Waals surface area (Å²) in [5, 5.41) is 3.47. The molecule has 2 N–H and O–H groups in total. The van der Waals surface area contributed by atoms with E-state index < -0.39 is 0 Å². The van der Waals surface area contributed by atoms with Gasteiger partial charge in [-0.05, 0) is 29.6 Å². The van der Waals surface area contributed by atoms with Crippen molar-refractivity contribution in [2.45, 2.75) is 10.9 Å². The smallest absolute Gasteiger partial charge is 0.0561 e. The summed E-state index contributed by atoms with van der Waals surface area (Å²) in [4.78, 5) is 2.17. The van der Waals surface area contributed by atoms with Crippen LogP contribution in [0, 0.1) is 0 Å². The molecule has 17 heavy (non-hydrogen) atoms. The number of thioether (sulfide) groups is 1. The maximum absolute atomic E-state index is 6.10. The molecule has 1 unspecified atom stereocenters. The van der Waals surface area contributed by atoms with Gasteiger partial charge in [0.1, 0.15) is 0 Å². The van der Waals surface area contributed by atoms with Crippen LogP contribution in [-0.2, 0) is 0 Å². The van der Waals surface area contributed by atoms with Gasteiger partial charge < -0.3 is 5.73 Å². The predicted octanol–water partition coefficient (Wildman–Crippen LogP) is 4.85. The quantitative estimate of drug-likeness (QED) is 0.817. The minimum atomic E-state index is -0.0357. The molecule has 90 valence electrons. The van der Waals surface area contributed by atoms with Gasteiger partial charge in [0, 0.05) is 26.6 Å². The summed E-state index contributed by atoms with van der Waals surface area (Å²) in [5.74, 6) is 0.792. The van der Waals surface area contributed by atoms with E-state index in [1.54, 1.807) is 23.1 Å². The van der Waals surface area contributed by atoms with Crippen molar-refractivity contribution in [1.29, 1.82) is 0 Å². The molecule has 0 aliphatic carbocycles. The molecule has 2 aromatic rings. The summed E-state index contributed by atoms with van der Waals surface area (Å²) in [7, 11) is 0. The van der Waals surface area contributed by atoms with E-state index in [0.717, 1.165) is 25.6 Å². The molecule has 1 aromatic heterocycles. The van der Waals surface area contributed by atoms with E-state index >= 15 is 0 Å². The average molecular weight is 304 g/mol. The monoisotopic (exact) mass is 303 g/mol. The van der Waals surface area contributed by atoms with E-state index in [2.05, 4.69) is 0 Å². The van der Waals surface area contributed by atoms with Crippen LogP contribution in [0.4, 0.5) is 0 Å². The third-order valence-electron chi connectivity index (χ3n) is 2.21. The van der Waals surface area contributed by atoms with Crippen molar-refractivity contribution in [3.05, 3.63) is 50.6 Å². The van der Waals surface area contributed by atoms with E-state index in [-0.39, 0.29) is 6.04 Å². The molecule has 5 heteroatoms. The first kappa shape index (κ1) is 13.2. The summed E-state index contributed by atoms with van der Waals surface area (Å²) >= 11 is 15.3. The lowest BCUT2D eigenvalue weighted by Crippen LogP contribution is -2.11. The molecule has 1 nitrogen and oxygen atoms in total. The molecule has 1 aromatic carbocycles. The lowest BCUT2D eigenvalue weighted by Gasteiger charge is -2.10. The van der Waals surface area contributed by atoms with Crippen LogP contribution >= 0.6 is 46.3 Å². The normalized spacial score (nSPS) is 12.6. The summed E-state index contributed by atoms with van der Waals surface area (Å²) in [6, 6.07) is 9.61. The van der Waals surface area contributed by atoms with Gasteiger partial charge in [0.15, 0.2) is 0 Å². The predicted molar refractivity (Wildman–Crippen MR) is 78.4 cm³/mol. The fraction of sp³-hybridized carbons (Fsp3) is 0.167. The first-order valence-electron chi connectivity index (χ1n) is 5.03. The number of benzene rings is 1. The molecular formula is C12H11Cl2NS2. The van der Waals surface area contributed by atoms with Crippen LogP contribution in [0.15, 0.2) is 40.6 Å². The van der Waals surface area contributed by atoms with E-state index in [0.29, 0.717) is 0 Å². The van der Waals surface area contributed by atoms with Gasteiger partial charge in [-0.1, -0.05) is 29.3 Å². The van der Waals surface area contributed by atoms with Crippen molar-refractivity contribution < 1.29 is 0 Å². The van der Waals surface area contributed by atoms with E-state index in [4.69, 9.17) is 28.9 Å². The second kappa shape index (κ2) is 6.12. The minimum Gasteiger partial charge on any atom is -0.323 e. The molecule has 0 spiro atoms. The Bertz CT molecular complexity index is 499. The van der Waals surface area contributed by atoms with Crippen molar-refractivity contribution in [2.24, 2.45) is 5.73 Å². The molecule has 1 atom stereocenters. The fourth-order valence-electron chi connectivity index (χ4n) is 1.39. The zero-order chi connectivity index (χ0) is 12.3. The highest BCUT2D eigenvalue weighted by molar-refractivity contribution is 7.99. The number of halogens is 2. The van der Waals surface area contributed by atoms with Gasteiger partial charge in [0.25, 0.3) is 0 Å². The molecule has 0 aliphatic heterocycles. The van der Waals surface area contributed by atoms with Gasteiger partial charge in [-0.2, -0.15) is 0 Å². The van der Waals surface area contributed by atoms with Crippen molar-refractivity contribution in [1.82, 2.24) is 0 Å². The Morgan fingerprint density at radius 2 is 2.12 bits per heavy atom. The van der Waals surface area contributed by atoms with Crippen LogP contribution in [0.1, 0.15) is 10.9 Å². The Balaban J connectivity index is 1.97. The zero-order valence-corrected chi connectivity index (χ0v) is 12.0. The van der Waals surface area contributed by atoms with Crippen LogP contribution in [0.5, 0.6) is 0 Å². The number of rotatable bonds is 4. The molecule has 0 fully saturated rings. The van der Waals surface area contributed by atoms with Crippen LogP contribution in [0.25, 0.3) is 0 Å². The maximum atomic E-state index is 6.10. The summed E-state index contributed by atoms with van der Waals surface area (Å²) in [6.45, 7) is 0. The fourth-order valence-corrected chi connectivity index (χ4v) is 3.87. The van der Waals surface area contributed by atoms with Gasteiger partial charge in [-0.15, -0.1) is 23.1 Å². The van der Waals surface area contributed by atoms with Crippen LogP contribution in [0.3, 0.4) is 0 Å². The van der Waals surface area contributed by atoms with Gasteiger partial charge >= 0.3 is 0 Å². The highest BCUT2D eigenvalue weighted by Gasteiger charge is 2.12. The molecule has 0 bridgehead atoms. The Kier molecular flexibility index (Phi) is 4.77. The van der Waals surface area contributed by atoms with Crippen LogP contribution < -0.4 is 5.73 Å². The van der Waals surface area contributed by atoms with Crippen molar-refractivity contribution in [3.8, 4) is 0 Å². The third kappa shape index (κ3) is 3.63. The topological polar surface area (TPSA) is 26.0 Å². The highest BCUT2D eigenvalue weighted by Crippen LogP contribution is 2.31. The Morgan fingerprint density at radius 1 is 1.29 bits per heavy atom. The maximum Gasteiger partial charge on any atom is 0.0561 e. The molecule has 0 saturated heterocycles. The summed E-state index contributed by atoms with van der Waals surface area (Å²) in [6.07, 6.45) is 0. The van der Waals surface area contributed by atoms with Gasteiger partial charge in [0.05, 0.1) is 5.02 Å². The molecule has 2 rings (SSSR count). The van der Waals surface area contributed by atoms with Crippen LogP contribution in [-0.4, -0.2) is 5.75 Å². The van der Waals surface area contributed by atoms with E-state index in [1.165, 1.54) is 0 Å². The van der Waals surface area contributed by atoms with E-state index in [9.17, 15) is 0 Å². The number of nitrogens with two attached hydrogens (primary N) is 1. The van der Waals surface area contributed by atoms with Crippen LogP contribution in [0.2, 0.25) is 10.0 Å². The molecule has 0 aliphatic rings. The highest BCUT2D eigenvalue weighted by atomic mass is 35.5.